The lowest BCUT2D eigenvalue weighted by Crippen LogP contribution is -1.99. The predicted molar refractivity (Wildman–Crippen MR) is 87.8 cm³/mol. The lowest BCUT2D eigenvalue weighted by Gasteiger charge is -2.09. The Hall–Kier alpha value is -1.82. The van der Waals surface area contributed by atoms with E-state index in [0.29, 0.717) is 11.8 Å². The maximum Gasteiger partial charge on any atom is -0.0218 e. The van der Waals surface area contributed by atoms with Crippen molar-refractivity contribution in [3.63, 3.8) is 0 Å². The molecule has 0 aliphatic carbocycles. The van der Waals surface area contributed by atoms with E-state index in [1.807, 2.05) is 0 Å². The molecular formula is C20H24. The van der Waals surface area contributed by atoms with Gasteiger partial charge in [0.15, 0.2) is 0 Å². The van der Waals surface area contributed by atoms with Crippen molar-refractivity contribution in [3.8, 4) is 0 Å². The number of benzene rings is 2. The molecule has 0 saturated heterocycles. The molecule has 0 aliphatic rings. The molecular weight excluding hydrogens is 240 g/mol. The standard InChI is InChI=1S/C20H24/c1-17(15-19-9-5-3-6-10-19)13-14-18(2)16-20-11-7-4-8-12-20/h3-14,17-18H,15-16H2,1-2H3/b14-13+/t17-,18-/m1/s1. The highest BCUT2D eigenvalue weighted by Crippen LogP contribution is 2.13. The van der Waals surface area contributed by atoms with Crippen LogP contribution in [0.2, 0.25) is 0 Å². The summed E-state index contributed by atoms with van der Waals surface area (Å²) in [7, 11) is 0. The quantitative estimate of drug-likeness (QED) is 0.621. The van der Waals surface area contributed by atoms with Gasteiger partial charge in [-0.25, -0.2) is 0 Å². The van der Waals surface area contributed by atoms with Gasteiger partial charge in [-0.3, -0.25) is 0 Å². The van der Waals surface area contributed by atoms with E-state index in [0.717, 1.165) is 12.8 Å². The van der Waals surface area contributed by atoms with Crippen molar-refractivity contribution in [3.05, 3.63) is 83.9 Å². The molecule has 0 aliphatic heterocycles. The van der Waals surface area contributed by atoms with Crippen LogP contribution in [0.25, 0.3) is 0 Å². The minimum absolute atomic E-state index is 0.593. The van der Waals surface area contributed by atoms with E-state index in [-0.39, 0.29) is 0 Å². The highest BCUT2D eigenvalue weighted by molar-refractivity contribution is 5.17. The van der Waals surface area contributed by atoms with E-state index in [4.69, 9.17) is 0 Å². The molecule has 2 atom stereocenters. The fraction of sp³-hybridized carbons (Fsp3) is 0.300. The molecule has 0 fully saturated rings. The summed E-state index contributed by atoms with van der Waals surface area (Å²) >= 11 is 0. The lowest BCUT2D eigenvalue weighted by atomic mass is 9.96. The average Bonchev–Trinajstić information content (AvgIpc) is 2.47. The summed E-state index contributed by atoms with van der Waals surface area (Å²) in [5.41, 5.74) is 2.83. The van der Waals surface area contributed by atoms with Crippen molar-refractivity contribution in [2.45, 2.75) is 26.7 Å². The Morgan fingerprint density at radius 3 is 1.35 bits per heavy atom. The van der Waals surface area contributed by atoms with Gasteiger partial charge in [0.25, 0.3) is 0 Å². The van der Waals surface area contributed by atoms with Gasteiger partial charge in [-0.2, -0.15) is 0 Å². The number of hydrogen-bond donors (Lipinski definition) is 0. The number of rotatable bonds is 6. The van der Waals surface area contributed by atoms with E-state index in [2.05, 4.69) is 86.7 Å². The molecule has 0 N–H and O–H groups in total. The molecule has 104 valence electrons. The normalized spacial score (nSPS) is 14.3. The van der Waals surface area contributed by atoms with Crippen LogP contribution in [-0.4, -0.2) is 0 Å². The van der Waals surface area contributed by atoms with Gasteiger partial charge in [-0.1, -0.05) is 86.7 Å². The Bertz CT molecular complexity index is 461. The first-order chi connectivity index (χ1) is 9.74. The first kappa shape index (κ1) is 14.6. The SMILES string of the molecule is C[C@H](/C=C/[C@@H](C)Cc1ccccc1)Cc1ccccc1. The van der Waals surface area contributed by atoms with Gasteiger partial charge in [0.2, 0.25) is 0 Å². The van der Waals surface area contributed by atoms with E-state index in [1.165, 1.54) is 11.1 Å². The van der Waals surface area contributed by atoms with Crippen LogP contribution >= 0.6 is 0 Å². The second-order valence-corrected chi connectivity index (χ2v) is 5.72. The summed E-state index contributed by atoms with van der Waals surface area (Å²) in [6.45, 7) is 4.58. The summed E-state index contributed by atoms with van der Waals surface area (Å²) in [6, 6.07) is 21.4. The molecule has 0 aromatic heterocycles. The van der Waals surface area contributed by atoms with Crippen LogP contribution in [0.4, 0.5) is 0 Å². The molecule has 0 amide bonds. The molecule has 20 heavy (non-hydrogen) atoms. The zero-order valence-electron chi connectivity index (χ0n) is 12.5. The fourth-order valence-corrected chi connectivity index (χ4v) is 2.49. The summed E-state index contributed by atoms with van der Waals surface area (Å²) in [4.78, 5) is 0. The van der Waals surface area contributed by atoms with E-state index >= 15 is 0 Å². The topological polar surface area (TPSA) is 0 Å². The average molecular weight is 264 g/mol. The first-order valence-corrected chi connectivity index (χ1v) is 7.50. The maximum absolute atomic E-state index is 2.36. The van der Waals surface area contributed by atoms with Crippen LogP contribution in [0, 0.1) is 11.8 Å². The molecule has 0 bridgehead atoms. The Kier molecular flexibility index (Phi) is 5.61. The molecule has 0 heterocycles. The van der Waals surface area contributed by atoms with Crippen LogP contribution in [0.15, 0.2) is 72.8 Å². The van der Waals surface area contributed by atoms with Gasteiger partial charge < -0.3 is 0 Å². The van der Waals surface area contributed by atoms with E-state index in [1.54, 1.807) is 0 Å². The molecule has 0 spiro atoms. The maximum atomic E-state index is 2.36. The number of hydrogen-bond acceptors (Lipinski definition) is 0. The van der Waals surface area contributed by atoms with Gasteiger partial charge >= 0.3 is 0 Å². The predicted octanol–water partition coefficient (Wildman–Crippen LogP) is 5.30. The number of allylic oxidation sites excluding steroid dienone is 2. The highest BCUT2D eigenvalue weighted by atomic mass is 14.1. The summed E-state index contributed by atoms with van der Waals surface area (Å²) in [5.74, 6) is 1.19. The summed E-state index contributed by atoms with van der Waals surface area (Å²) in [5, 5.41) is 0. The third-order valence-corrected chi connectivity index (χ3v) is 3.57. The van der Waals surface area contributed by atoms with Crippen molar-refractivity contribution in [1.82, 2.24) is 0 Å². The Labute approximate surface area is 123 Å². The Morgan fingerprint density at radius 1 is 0.650 bits per heavy atom. The van der Waals surface area contributed by atoms with Crippen LogP contribution in [-0.2, 0) is 12.8 Å². The molecule has 0 radical (unpaired) electrons. The smallest absolute Gasteiger partial charge is 0.0218 e. The van der Waals surface area contributed by atoms with Gasteiger partial charge in [-0.05, 0) is 35.8 Å². The second kappa shape index (κ2) is 7.69. The van der Waals surface area contributed by atoms with Gasteiger partial charge in [0.1, 0.15) is 0 Å². The first-order valence-electron chi connectivity index (χ1n) is 7.50. The monoisotopic (exact) mass is 264 g/mol. The van der Waals surface area contributed by atoms with Crippen molar-refractivity contribution >= 4 is 0 Å². The molecule has 2 rings (SSSR count). The van der Waals surface area contributed by atoms with E-state index in [9.17, 15) is 0 Å². The van der Waals surface area contributed by atoms with Crippen molar-refractivity contribution in [2.24, 2.45) is 11.8 Å². The van der Waals surface area contributed by atoms with Crippen LogP contribution in [0.3, 0.4) is 0 Å². The largest absolute Gasteiger partial charge is 0.0851 e. The van der Waals surface area contributed by atoms with Gasteiger partial charge in [0, 0.05) is 0 Å². The molecule has 0 nitrogen and oxygen atoms in total. The zero-order chi connectivity index (χ0) is 14.2. The second-order valence-electron chi connectivity index (χ2n) is 5.72. The summed E-state index contributed by atoms with van der Waals surface area (Å²) < 4.78 is 0. The van der Waals surface area contributed by atoms with Crippen LogP contribution in [0.5, 0.6) is 0 Å². The molecule has 2 aromatic rings. The van der Waals surface area contributed by atoms with E-state index < -0.39 is 0 Å². The van der Waals surface area contributed by atoms with Gasteiger partial charge in [0.05, 0.1) is 0 Å². The van der Waals surface area contributed by atoms with Crippen molar-refractivity contribution < 1.29 is 0 Å². The van der Waals surface area contributed by atoms with Crippen molar-refractivity contribution in [2.75, 3.05) is 0 Å². The zero-order valence-corrected chi connectivity index (χ0v) is 12.5. The Morgan fingerprint density at radius 2 is 1.00 bits per heavy atom. The molecule has 2 aromatic carbocycles. The fourth-order valence-electron chi connectivity index (χ4n) is 2.49. The minimum atomic E-state index is 0.593. The van der Waals surface area contributed by atoms with Crippen LogP contribution in [0.1, 0.15) is 25.0 Å². The summed E-state index contributed by atoms with van der Waals surface area (Å²) in [6.07, 6.45) is 6.96. The third kappa shape index (κ3) is 5.05. The highest BCUT2D eigenvalue weighted by Gasteiger charge is 2.02. The molecule has 0 saturated carbocycles. The molecule has 0 unspecified atom stereocenters. The van der Waals surface area contributed by atoms with Crippen LogP contribution < -0.4 is 0 Å². The minimum Gasteiger partial charge on any atom is -0.0851 e. The van der Waals surface area contributed by atoms with Gasteiger partial charge in [-0.15, -0.1) is 0 Å². The molecule has 0 heteroatoms. The lowest BCUT2D eigenvalue weighted by molar-refractivity contribution is 0.682. The Balaban J connectivity index is 1.82. The van der Waals surface area contributed by atoms with Crippen molar-refractivity contribution in [1.29, 1.82) is 0 Å². The third-order valence-electron chi connectivity index (χ3n) is 3.57.